The number of hydrogen-bond donors (Lipinski definition) is 1. The fraction of sp³-hybridized carbons (Fsp3) is 0.500. The number of aliphatic imine (C=N–C) groups is 1. The zero-order chi connectivity index (χ0) is 9.80. The Hall–Kier alpha value is -0.900. The van der Waals surface area contributed by atoms with Gasteiger partial charge < -0.3 is 9.73 Å². The van der Waals surface area contributed by atoms with Gasteiger partial charge in [0.15, 0.2) is 5.17 Å². The molecular formula is C10H14N2OS. The molecule has 1 unspecified atom stereocenters. The molecule has 0 saturated carbocycles. The Morgan fingerprint density at radius 3 is 3.29 bits per heavy atom. The van der Waals surface area contributed by atoms with Crippen LogP contribution in [-0.4, -0.2) is 17.0 Å². The number of nitrogens with one attached hydrogen (secondary N) is 1. The Morgan fingerprint density at radius 1 is 1.71 bits per heavy atom. The summed E-state index contributed by atoms with van der Waals surface area (Å²) >= 11 is 1.81. The maximum atomic E-state index is 4.98. The van der Waals surface area contributed by atoms with Crippen LogP contribution in [0.15, 0.2) is 28.0 Å². The molecule has 0 spiro atoms. The average molecular weight is 210 g/mol. The molecule has 3 nitrogen and oxygen atoms in total. The van der Waals surface area contributed by atoms with Crippen LogP contribution in [-0.2, 0) is 6.54 Å². The van der Waals surface area contributed by atoms with Crippen molar-refractivity contribution < 1.29 is 4.42 Å². The Morgan fingerprint density at radius 2 is 2.64 bits per heavy atom. The highest BCUT2D eigenvalue weighted by molar-refractivity contribution is 8.14. The van der Waals surface area contributed by atoms with Crippen LogP contribution in [0.1, 0.15) is 18.9 Å². The van der Waals surface area contributed by atoms with E-state index in [-0.39, 0.29) is 0 Å². The lowest BCUT2D eigenvalue weighted by Crippen LogP contribution is -2.25. The largest absolute Gasteiger partial charge is 0.472 e. The highest BCUT2D eigenvalue weighted by Crippen LogP contribution is 2.16. The van der Waals surface area contributed by atoms with Crippen molar-refractivity contribution in [2.45, 2.75) is 25.9 Å². The van der Waals surface area contributed by atoms with E-state index in [1.165, 1.54) is 0 Å². The first-order valence-electron chi connectivity index (χ1n) is 4.83. The lowest BCUT2D eigenvalue weighted by atomic mass is 10.3. The minimum Gasteiger partial charge on any atom is -0.472 e. The monoisotopic (exact) mass is 210 g/mol. The highest BCUT2D eigenvalue weighted by Gasteiger charge is 2.17. The lowest BCUT2D eigenvalue weighted by molar-refractivity contribution is 0.564. The molecule has 1 aromatic heterocycles. The Balaban J connectivity index is 1.87. The van der Waals surface area contributed by atoms with Crippen molar-refractivity contribution in [1.82, 2.24) is 5.32 Å². The van der Waals surface area contributed by atoms with E-state index in [0.29, 0.717) is 12.6 Å². The molecule has 1 aromatic rings. The maximum absolute atomic E-state index is 4.98. The van der Waals surface area contributed by atoms with Gasteiger partial charge in [0.1, 0.15) is 0 Å². The van der Waals surface area contributed by atoms with Crippen molar-refractivity contribution in [1.29, 1.82) is 0 Å². The summed E-state index contributed by atoms with van der Waals surface area (Å²) in [5.74, 6) is 1.14. The van der Waals surface area contributed by atoms with Gasteiger partial charge in [-0.15, -0.1) is 0 Å². The summed E-state index contributed by atoms with van der Waals surface area (Å²) < 4.78 is 4.98. The molecule has 76 valence electrons. The van der Waals surface area contributed by atoms with Crippen LogP contribution in [0, 0.1) is 0 Å². The van der Waals surface area contributed by atoms with Crippen LogP contribution in [0.5, 0.6) is 0 Å². The molecule has 4 heteroatoms. The van der Waals surface area contributed by atoms with E-state index < -0.39 is 0 Å². The van der Waals surface area contributed by atoms with Gasteiger partial charge in [-0.3, -0.25) is 4.99 Å². The molecule has 2 heterocycles. The van der Waals surface area contributed by atoms with Crippen LogP contribution < -0.4 is 5.32 Å². The van der Waals surface area contributed by atoms with E-state index in [9.17, 15) is 0 Å². The fourth-order valence-corrected chi connectivity index (χ4v) is 2.38. The van der Waals surface area contributed by atoms with E-state index in [0.717, 1.165) is 22.9 Å². The van der Waals surface area contributed by atoms with Crippen LogP contribution in [0.4, 0.5) is 0 Å². The standard InChI is InChI=1S/C10H14N2OS/c1-2-9-7-14-10(12-9)11-5-8-3-4-13-6-8/h3-4,6,9H,2,5,7H2,1H3,(H,11,12). The molecular weight excluding hydrogens is 196 g/mol. The van der Waals surface area contributed by atoms with Crippen molar-refractivity contribution in [2.75, 3.05) is 5.75 Å². The molecule has 1 atom stereocenters. The van der Waals surface area contributed by atoms with Gasteiger partial charge in [-0.05, 0) is 12.5 Å². The van der Waals surface area contributed by atoms with Crippen molar-refractivity contribution >= 4 is 16.9 Å². The fourth-order valence-electron chi connectivity index (χ4n) is 1.29. The van der Waals surface area contributed by atoms with Gasteiger partial charge >= 0.3 is 0 Å². The summed E-state index contributed by atoms with van der Waals surface area (Å²) in [6, 6.07) is 2.55. The van der Waals surface area contributed by atoms with Crippen molar-refractivity contribution in [3.8, 4) is 0 Å². The van der Waals surface area contributed by atoms with Gasteiger partial charge in [0.2, 0.25) is 0 Å². The van der Waals surface area contributed by atoms with Gasteiger partial charge in [-0.1, -0.05) is 18.7 Å². The zero-order valence-corrected chi connectivity index (χ0v) is 9.01. The van der Waals surface area contributed by atoms with Gasteiger partial charge in [-0.2, -0.15) is 0 Å². The molecule has 2 rings (SSSR count). The van der Waals surface area contributed by atoms with Crippen LogP contribution in [0.2, 0.25) is 0 Å². The molecule has 1 aliphatic rings. The third-order valence-electron chi connectivity index (χ3n) is 2.23. The molecule has 1 aliphatic heterocycles. The Labute approximate surface area is 88.0 Å². The Bertz CT molecular complexity index is 308. The van der Waals surface area contributed by atoms with Crippen LogP contribution in [0.25, 0.3) is 0 Å². The highest BCUT2D eigenvalue weighted by atomic mass is 32.2. The van der Waals surface area contributed by atoms with Gasteiger partial charge in [-0.25, -0.2) is 0 Å². The molecule has 0 aliphatic carbocycles. The number of nitrogens with zero attached hydrogens (tertiary/aromatic N) is 1. The second-order valence-electron chi connectivity index (χ2n) is 3.31. The average Bonchev–Trinajstić information content (AvgIpc) is 2.86. The summed E-state index contributed by atoms with van der Waals surface area (Å²) in [7, 11) is 0. The third kappa shape index (κ3) is 2.32. The number of rotatable bonds is 3. The first-order chi connectivity index (χ1) is 6.88. The topological polar surface area (TPSA) is 37.5 Å². The maximum Gasteiger partial charge on any atom is 0.157 e. The zero-order valence-electron chi connectivity index (χ0n) is 8.19. The molecule has 0 amide bonds. The quantitative estimate of drug-likeness (QED) is 0.831. The summed E-state index contributed by atoms with van der Waals surface area (Å²) in [6.07, 6.45) is 4.58. The van der Waals surface area contributed by atoms with E-state index in [1.54, 1.807) is 24.3 Å². The van der Waals surface area contributed by atoms with Gasteiger partial charge in [0.05, 0.1) is 19.1 Å². The Kier molecular flexibility index (Phi) is 3.14. The van der Waals surface area contributed by atoms with Gasteiger partial charge in [0.25, 0.3) is 0 Å². The summed E-state index contributed by atoms with van der Waals surface area (Å²) in [5, 5.41) is 4.45. The second kappa shape index (κ2) is 4.55. The van der Waals surface area contributed by atoms with E-state index >= 15 is 0 Å². The molecule has 0 radical (unpaired) electrons. The van der Waals surface area contributed by atoms with E-state index in [4.69, 9.17) is 4.42 Å². The molecule has 0 bridgehead atoms. The van der Waals surface area contributed by atoms with Crippen molar-refractivity contribution in [3.63, 3.8) is 0 Å². The molecule has 1 saturated heterocycles. The summed E-state index contributed by atoms with van der Waals surface area (Å²) in [4.78, 5) is 4.47. The number of furan rings is 1. The second-order valence-corrected chi connectivity index (χ2v) is 4.32. The van der Waals surface area contributed by atoms with Gasteiger partial charge in [0, 0.05) is 17.4 Å². The predicted molar refractivity (Wildman–Crippen MR) is 59.5 cm³/mol. The SMILES string of the molecule is CCC1CSC(=NCc2ccoc2)N1. The molecule has 1 N–H and O–H groups in total. The van der Waals surface area contributed by atoms with Crippen LogP contribution in [0.3, 0.4) is 0 Å². The number of thioether (sulfide) groups is 1. The molecule has 1 fully saturated rings. The van der Waals surface area contributed by atoms with Crippen molar-refractivity contribution in [2.24, 2.45) is 4.99 Å². The first kappa shape index (κ1) is 9.65. The van der Waals surface area contributed by atoms with Crippen molar-refractivity contribution in [3.05, 3.63) is 24.2 Å². The normalized spacial score (nSPS) is 24.1. The van der Waals surface area contributed by atoms with E-state index in [2.05, 4.69) is 17.2 Å². The first-order valence-corrected chi connectivity index (χ1v) is 5.82. The summed E-state index contributed by atoms with van der Waals surface area (Å²) in [6.45, 7) is 2.90. The minimum absolute atomic E-state index is 0.600. The predicted octanol–water partition coefficient (Wildman–Crippen LogP) is 2.25. The van der Waals surface area contributed by atoms with E-state index in [1.807, 2.05) is 6.07 Å². The number of hydrogen-bond acceptors (Lipinski definition) is 3. The van der Waals surface area contributed by atoms with Crippen LogP contribution >= 0.6 is 11.8 Å². The minimum atomic E-state index is 0.600. The molecule has 0 aromatic carbocycles. The smallest absolute Gasteiger partial charge is 0.157 e. The lowest BCUT2D eigenvalue weighted by Gasteiger charge is -2.04. The number of amidine groups is 1. The third-order valence-corrected chi connectivity index (χ3v) is 3.32. The molecule has 14 heavy (non-hydrogen) atoms. The summed E-state index contributed by atoms with van der Waals surface area (Å²) in [5.41, 5.74) is 1.12.